The summed E-state index contributed by atoms with van der Waals surface area (Å²) in [5, 5.41) is 0. The van der Waals surface area contributed by atoms with Crippen LogP contribution in [0, 0.1) is 0 Å². The molecule has 0 aliphatic rings. The van der Waals surface area contributed by atoms with Gasteiger partial charge in [-0.25, -0.2) is 0 Å². The van der Waals surface area contributed by atoms with E-state index in [9.17, 15) is 25.9 Å². The molecule has 184 valence electrons. The molecule has 6 nitrogen and oxygen atoms in total. The second kappa shape index (κ2) is 12.1. The minimum absolute atomic E-state index is 0. The molecule has 0 saturated carbocycles. The van der Waals surface area contributed by atoms with Gasteiger partial charge in [-0.1, -0.05) is 109 Å². The summed E-state index contributed by atoms with van der Waals surface area (Å²) < 4.78 is 64.9. The average molecular weight is 543 g/mol. The summed E-state index contributed by atoms with van der Waals surface area (Å²) >= 11 is 0. The van der Waals surface area contributed by atoms with Crippen molar-refractivity contribution in [3.8, 4) is 11.1 Å². The van der Waals surface area contributed by atoms with Crippen LogP contribution in [0.15, 0.2) is 107 Å². The SMILES string of the molecule is O=S(=O)(O)c1ccccc1/C=C/c1ccc(-c2ccc(/C=C/c3ccccc3S(=O)(=O)O)cc2)cc1.[H-].[Na+]. The molecule has 0 saturated heterocycles. The van der Waals surface area contributed by atoms with Crippen molar-refractivity contribution in [2.75, 3.05) is 0 Å². The molecule has 0 atom stereocenters. The molecule has 0 spiro atoms. The van der Waals surface area contributed by atoms with E-state index >= 15 is 0 Å². The Morgan fingerprint density at radius 1 is 0.486 bits per heavy atom. The number of rotatable bonds is 7. The van der Waals surface area contributed by atoms with E-state index in [0.717, 1.165) is 22.3 Å². The Bertz CT molecular complexity index is 1540. The van der Waals surface area contributed by atoms with Crippen LogP contribution in [0.3, 0.4) is 0 Å². The van der Waals surface area contributed by atoms with Gasteiger partial charge in [-0.05, 0) is 45.5 Å². The van der Waals surface area contributed by atoms with Crippen LogP contribution in [0.25, 0.3) is 35.4 Å². The van der Waals surface area contributed by atoms with Gasteiger partial charge < -0.3 is 1.43 Å². The van der Waals surface area contributed by atoms with E-state index in [1.54, 1.807) is 60.7 Å². The Balaban J connectivity index is 0.00000253. The summed E-state index contributed by atoms with van der Waals surface area (Å²) in [6.07, 6.45) is 6.82. The van der Waals surface area contributed by atoms with Gasteiger partial charge in [-0.15, -0.1) is 0 Å². The molecule has 37 heavy (non-hydrogen) atoms. The average Bonchev–Trinajstić information content (AvgIpc) is 2.86. The van der Waals surface area contributed by atoms with Crippen molar-refractivity contribution in [2.24, 2.45) is 0 Å². The van der Waals surface area contributed by atoms with Crippen LogP contribution >= 0.6 is 0 Å². The maximum Gasteiger partial charge on any atom is 1.00 e. The molecule has 0 aliphatic carbocycles. The molecule has 0 unspecified atom stereocenters. The zero-order valence-corrected chi connectivity index (χ0v) is 23.5. The van der Waals surface area contributed by atoms with E-state index < -0.39 is 20.2 Å². The molecule has 0 bridgehead atoms. The fourth-order valence-corrected chi connectivity index (χ4v) is 5.02. The van der Waals surface area contributed by atoms with Crippen molar-refractivity contribution in [1.29, 1.82) is 0 Å². The Morgan fingerprint density at radius 2 is 0.811 bits per heavy atom. The number of hydrogen-bond donors (Lipinski definition) is 2. The molecular formula is C28H23NaO6S2. The van der Waals surface area contributed by atoms with Crippen LogP contribution in [0.4, 0.5) is 0 Å². The quantitative estimate of drug-likeness (QED) is 0.211. The molecular weight excluding hydrogens is 519 g/mol. The van der Waals surface area contributed by atoms with Gasteiger partial charge in [0, 0.05) is 0 Å². The summed E-state index contributed by atoms with van der Waals surface area (Å²) in [6.45, 7) is 0. The van der Waals surface area contributed by atoms with Crippen molar-refractivity contribution >= 4 is 44.5 Å². The number of benzene rings is 4. The van der Waals surface area contributed by atoms with Crippen LogP contribution in [-0.2, 0) is 20.2 Å². The van der Waals surface area contributed by atoms with Crippen molar-refractivity contribution in [3.05, 3.63) is 119 Å². The van der Waals surface area contributed by atoms with Gasteiger partial charge in [0.25, 0.3) is 20.2 Å². The van der Waals surface area contributed by atoms with E-state index in [4.69, 9.17) is 0 Å². The monoisotopic (exact) mass is 542 g/mol. The second-order valence-electron chi connectivity index (χ2n) is 7.94. The van der Waals surface area contributed by atoms with Gasteiger partial charge in [0.1, 0.15) is 9.79 Å². The standard InChI is InChI=1S/C28H22O6S2.Na.H/c29-35(30,31)27-7-3-1-5-25(27)19-13-21-9-15-23(16-10-21)24-17-11-22(12-18-24)14-20-26-6-2-4-8-28(26)36(32,33)34;;/h1-20H,(H,29,30,31)(H,32,33,34);;/q;+1;-1/b19-13+,20-14+;;. The summed E-state index contributed by atoms with van der Waals surface area (Å²) in [6, 6.07) is 27.8. The Morgan fingerprint density at radius 3 is 1.14 bits per heavy atom. The maximum atomic E-state index is 11.5. The zero-order chi connectivity index (χ0) is 25.8. The molecule has 0 amide bonds. The van der Waals surface area contributed by atoms with Crippen LogP contribution in [0.2, 0.25) is 0 Å². The minimum atomic E-state index is -4.31. The Hall–Kier alpha value is -2.82. The Labute approximate surface area is 240 Å². The van der Waals surface area contributed by atoms with Crippen LogP contribution in [0.1, 0.15) is 23.7 Å². The van der Waals surface area contributed by atoms with Crippen LogP contribution in [0.5, 0.6) is 0 Å². The van der Waals surface area contributed by atoms with Gasteiger partial charge in [0.15, 0.2) is 0 Å². The van der Waals surface area contributed by atoms with Crippen molar-refractivity contribution in [1.82, 2.24) is 0 Å². The molecule has 4 aromatic carbocycles. The fraction of sp³-hybridized carbons (Fsp3) is 0. The first-order chi connectivity index (χ1) is 17.1. The number of hydrogen-bond acceptors (Lipinski definition) is 4. The summed E-state index contributed by atoms with van der Waals surface area (Å²) in [7, 11) is -8.61. The molecule has 0 aliphatic heterocycles. The summed E-state index contributed by atoms with van der Waals surface area (Å²) in [4.78, 5) is -0.290. The van der Waals surface area contributed by atoms with Gasteiger partial charge in [-0.2, -0.15) is 16.8 Å². The van der Waals surface area contributed by atoms with Crippen molar-refractivity contribution in [3.63, 3.8) is 0 Å². The van der Waals surface area contributed by atoms with Gasteiger partial charge in [0.05, 0.1) is 0 Å². The van der Waals surface area contributed by atoms with E-state index in [1.165, 1.54) is 12.1 Å². The second-order valence-corrected chi connectivity index (χ2v) is 10.7. The first-order valence-electron chi connectivity index (χ1n) is 10.8. The minimum Gasteiger partial charge on any atom is -1.00 e. The molecule has 2 N–H and O–H groups in total. The van der Waals surface area contributed by atoms with E-state index in [2.05, 4.69) is 0 Å². The molecule has 0 fully saturated rings. The topological polar surface area (TPSA) is 109 Å². The van der Waals surface area contributed by atoms with E-state index in [-0.39, 0.29) is 40.8 Å². The van der Waals surface area contributed by atoms with Gasteiger partial charge >= 0.3 is 29.6 Å². The fourth-order valence-electron chi connectivity index (χ4n) is 3.65. The first-order valence-corrected chi connectivity index (χ1v) is 13.7. The largest absolute Gasteiger partial charge is 1.00 e. The van der Waals surface area contributed by atoms with E-state index in [0.29, 0.717) is 11.1 Å². The zero-order valence-electron chi connectivity index (χ0n) is 20.9. The van der Waals surface area contributed by atoms with Crippen molar-refractivity contribution in [2.45, 2.75) is 9.79 Å². The molecule has 4 aromatic rings. The molecule has 9 heteroatoms. The molecule has 0 aromatic heterocycles. The summed E-state index contributed by atoms with van der Waals surface area (Å²) in [5.41, 5.74) is 4.48. The molecule has 0 radical (unpaired) electrons. The Kier molecular flexibility index (Phi) is 9.44. The van der Waals surface area contributed by atoms with Crippen LogP contribution in [-0.4, -0.2) is 25.9 Å². The smallest absolute Gasteiger partial charge is 1.00 e. The van der Waals surface area contributed by atoms with E-state index in [1.807, 2.05) is 48.5 Å². The van der Waals surface area contributed by atoms with Gasteiger partial charge in [-0.3, -0.25) is 9.11 Å². The normalized spacial score (nSPS) is 12.1. The predicted molar refractivity (Wildman–Crippen MR) is 143 cm³/mol. The third kappa shape index (κ3) is 7.59. The van der Waals surface area contributed by atoms with Crippen molar-refractivity contribution < 1.29 is 56.9 Å². The first kappa shape index (κ1) is 28.7. The molecule has 4 rings (SSSR count). The van der Waals surface area contributed by atoms with Gasteiger partial charge in [0.2, 0.25) is 0 Å². The maximum absolute atomic E-state index is 11.5. The summed E-state index contributed by atoms with van der Waals surface area (Å²) in [5.74, 6) is 0. The molecule has 0 heterocycles. The predicted octanol–water partition coefficient (Wildman–Crippen LogP) is 3.30. The van der Waals surface area contributed by atoms with Crippen LogP contribution < -0.4 is 29.6 Å². The third-order valence-electron chi connectivity index (χ3n) is 5.46. The third-order valence-corrected chi connectivity index (χ3v) is 7.31.